The number of aryl methyl sites for hydroxylation is 4. The Bertz CT molecular complexity index is 750. The van der Waals surface area contributed by atoms with Crippen molar-refractivity contribution in [1.29, 1.82) is 0 Å². The van der Waals surface area contributed by atoms with Crippen LogP contribution in [-0.2, 0) is 0 Å². The van der Waals surface area contributed by atoms with Crippen LogP contribution in [0.2, 0.25) is 0 Å². The number of ether oxygens (including phenoxy) is 1. The van der Waals surface area contributed by atoms with Crippen LogP contribution in [-0.4, -0.2) is 34.4 Å². The zero-order chi connectivity index (χ0) is 18.9. The minimum absolute atomic E-state index is 0.255. The predicted octanol–water partition coefficient (Wildman–Crippen LogP) is 2.59. The molecule has 0 atom stereocenters. The molecule has 1 aromatic heterocycles. The third-order valence-electron chi connectivity index (χ3n) is 3.82. The number of hydrogen-bond acceptors (Lipinski definition) is 6. The van der Waals surface area contributed by atoms with Crippen molar-refractivity contribution >= 4 is 12.0 Å². The maximum atomic E-state index is 11.7. The van der Waals surface area contributed by atoms with Gasteiger partial charge in [-0.3, -0.25) is 5.43 Å². The first kappa shape index (κ1) is 19.4. The largest absolute Gasteiger partial charge is 0.493 e. The second kappa shape index (κ2) is 9.55. The van der Waals surface area contributed by atoms with Gasteiger partial charge in [-0.15, -0.1) is 5.10 Å². The lowest BCUT2D eigenvalue weighted by atomic mass is 10.1. The van der Waals surface area contributed by atoms with Crippen molar-refractivity contribution < 1.29 is 9.53 Å². The zero-order valence-electron chi connectivity index (χ0n) is 15.7. The molecule has 0 saturated carbocycles. The van der Waals surface area contributed by atoms with E-state index in [0.717, 1.165) is 35.5 Å². The third-order valence-corrected chi connectivity index (χ3v) is 3.82. The maximum absolute atomic E-state index is 11.7. The molecule has 0 aliphatic rings. The van der Waals surface area contributed by atoms with Gasteiger partial charge in [0.2, 0.25) is 0 Å². The number of nitrogens with one attached hydrogen (secondary N) is 3. The number of hydrazine groups is 1. The van der Waals surface area contributed by atoms with Gasteiger partial charge in [0.15, 0.2) is 0 Å². The fraction of sp³-hybridized carbons (Fsp3) is 0.444. The molecule has 8 nitrogen and oxygen atoms in total. The van der Waals surface area contributed by atoms with Gasteiger partial charge in [0.05, 0.1) is 18.0 Å². The van der Waals surface area contributed by atoms with Gasteiger partial charge in [0, 0.05) is 6.54 Å². The number of aromatic nitrogens is 3. The first-order chi connectivity index (χ1) is 12.5. The molecule has 1 heterocycles. The molecule has 0 radical (unpaired) electrons. The van der Waals surface area contributed by atoms with E-state index in [4.69, 9.17) is 4.74 Å². The summed E-state index contributed by atoms with van der Waals surface area (Å²) in [6, 6.07) is 5.78. The molecule has 0 saturated heterocycles. The number of rotatable bonds is 8. The summed E-state index contributed by atoms with van der Waals surface area (Å²) in [5, 5.41) is 10.5. The highest BCUT2D eigenvalue weighted by molar-refractivity contribution is 5.74. The average molecular weight is 358 g/mol. The second-order valence-electron chi connectivity index (χ2n) is 6.14. The lowest BCUT2D eigenvalue weighted by Gasteiger charge is -2.11. The van der Waals surface area contributed by atoms with Crippen LogP contribution in [0.5, 0.6) is 5.75 Å². The number of carbonyl (C=O) groups excluding carboxylic acids is 1. The number of hydrogen-bond donors (Lipinski definition) is 3. The summed E-state index contributed by atoms with van der Waals surface area (Å²) in [5.41, 5.74) is 8.97. The summed E-state index contributed by atoms with van der Waals surface area (Å²) in [7, 11) is 0. The molecule has 1 aromatic carbocycles. The lowest BCUT2D eigenvalue weighted by molar-refractivity contribution is 0.241. The number of anilines is 1. The lowest BCUT2D eigenvalue weighted by Crippen LogP contribution is -2.40. The molecular formula is C18H26N6O2. The summed E-state index contributed by atoms with van der Waals surface area (Å²) in [5.74, 6) is 1.16. The van der Waals surface area contributed by atoms with Crippen LogP contribution >= 0.6 is 0 Å². The third kappa shape index (κ3) is 6.19. The normalized spacial score (nSPS) is 10.3. The Balaban J connectivity index is 1.57. The second-order valence-corrected chi connectivity index (χ2v) is 6.14. The van der Waals surface area contributed by atoms with Crippen LogP contribution in [0.1, 0.15) is 35.4 Å². The number of unbranched alkanes of at least 4 members (excludes halogenated alkanes) is 1. The summed E-state index contributed by atoms with van der Waals surface area (Å²) in [6.07, 6.45) is 1.67. The van der Waals surface area contributed by atoms with Crippen LogP contribution in [0, 0.1) is 27.7 Å². The standard InChI is InChI=1S/C18H26N6O2/c1-12-7-8-16(13(2)11-12)26-10-6-5-9-19-18(25)24-23-17-20-14(3)15(4)21-22-17/h7-8,11H,5-6,9-10H2,1-4H3,(H2,19,24,25)(H,20,22,23). The van der Waals surface area contributed by atoms with E-state index >= 15 is 0 Å². The van der Waals surface area contributed by atoms with Crippen molar-refractivity contribution in [3.05, 3.63) is 40.7 Å². The van der Waals surface area contributed by atoms with Gasteiger partial charge in [-0.05, 0) is 52.2 Å². The van der Waals surface area contributed by atoms with Crippen molar-refractivity contribution in [2.75, 3.05) is 18.6 Å². The molecule has 140 valence electrons. The van der Waals surface area contributed by atoms with E-state index in [-0.39, 0.29) is 12.0 Å². The minimum atomic E-state index is -0.345. The highest BCUT2D eigenvalue weighted by atomic mass is 16.5. The predicted molar refractivity (Wildman–Crippen MR) is 100 cm³/mol. The summed E-state index contributed by atoms with van der Waals surface area (Å²) < 4.78 is 5.76. The molecule has 0 fully saturated rings. The first-order valence-electron chi connectivity index (χ1n) is 8.63. The van der Waals surface area contributed by atoms with Crippen LogP contribution in [0.3, 0.4) is 0 Å². The number of urea groups is 1. The van der Waals surface area contributed by atoms with Gasteiger partial charge < -0.3 is 10.1 Å². The van der Waals surface area contributed by atoms with Gasteiger partial charge in [-0.2, -0.15) is 5.10 Å². The molecule has 8 heteroatoms. The van der Waals surface area contributed by atoms with E-state index in [1.165, 1.54) is 5.56 Å². The fourth-order valence-electron chi connectivity index (χ4n) is 2.24. The number of carbonyl (C=O) groups is 1. The van der Waals surface area contributed by atoms with E-state index in [1.54, 1.807) is 0 Å². The van der Waals surface area contributed by atoms with E-state index in [9.17, 15) is 4.79 Å². The van der Waals surface area contributed by atoms with Crippen LogP contribution in [0.25, 0.3) is 0 Å². The Morgan fingerprint density at radius 3 is 2.62 bits per heavy atom. The van der Waals surface area contributed by atoms with Gasteiger partial charge in [0.1, 0.15) is 5.75 Å². The van der Waals surface area contributed by atoms with Crippen molar-refractivity contribution in [3.8, 4) is 5.75 Å². The maximum Gasteiger partial charge on any atom is 0.333 e. The fourth-order valence-corrected chi connectivity index (χ4v) is 2.24. The topological polar surface area (TPSA) is 101 Å². The highest BCUT2D eigenvalue weighted by Crippen LogP contribution is 2.18. The Kier molecular flexibility index (Phi) is 7.13. The Hall–Kier alpha value is -2.90. The highest BCUT2D eigenvalue weighted by Gasteiger charge is 2.04. The van der Waals surface area contributed by atoms with Gasteiger partial charge in [0.25, 0.3) is 5.95 Å². The summed E-state index contributed by atoms with van der Waals surface area (Å²) in [6.45, 7) is 8.92. The minimum Gasteiger partial charge on any atom is -0.493 e. The van der Waals surface area contributed by atoms with Gasteiger partial charge in [-0.25, -0.2) is 15.2 Å². The average Bonchev–Trinajstić information content (AvgIpc) is 2.60. The Labute approximate surface area is 153 Å². The molecule has 3 N–H and O–H groups in total. The van der Waals surface area contributed by atoms with Crippen molar-refractivity contribution in [2.24, 2.45) is 0 Å². The molecule has 0 unspecified atom stereocenters. The molecular weight excluding hydrogens is 332 g/mol. The number of benzene rings is 1. The molecule has 0 spiro atoms. The first-order valence-corrected chi connectivity index (χ1v) is 8.63. The number of amides is 2. The molecule has 2 aromatic rings. The van der Waals surface area contributed by atoms with Crippen molar-refractivity contribution in [1.82, 2.24) is 25.9 Å². The van der Waals surface area contributed by atoms with Gasteiger partial charge >= 0.3 is 6.03 Å². The molecule has 26 heavy (non-hydrogen) atoms. The molecule has 0 bridgehead atoms. The summed E-state index contributed by atoms with van der Waals surface area (Å²) >= 11 is 0. The van der Waals surface area contributed by atoms with E-state index in [1.807, 2.05) is 32.9 Å². The van der Waals surface area contributed by atoms with Crippen LogP contribution in [0.4, 0.5) is 10.7 Å². The SMILES string of the molecule is Cc1ccc(OCCCCNC(=O)NNc2nnc(C)c(C)n2)c(C)c1. The number of nitrogens with zero attached hydrogens (tertiary/aromatic N) is 3. The van der Waals surface area contributed by atoms with Crippen molar-refractivity contribution in [2.45, 2.75) is 40.5 Å². The van der Waals surface area contributed by atoms with Crippen molar-refractivity contribution in [3.63, 3.8) is 0 Å². The molecule has 2 rings (SSSR count). The quantitative estimate of drug-likeness (QED) is 0.495. The van der Waals surface area contributed by atoms with Gasteiger partial charge in [-0.1, -0.05) is 17.7 Å². The molecule has 0 aliphatic heterocycles. The van der Waals surface area contributed by atoms with E-state index in [0.29, 0.717) is 13.2 Å². The molecule has 2 amide bonds. The Morgan fingerprint density at radius 2 is 1.88 bits per heavy atom. The van der Waals surface area contributed by atoms with E-state index < -0.39 is 0 Å². The van der Waals surface area contributed by atoms with Crippen LogP contribution in [0.15, 0.2) is 18.2 Å². The van der Waals surface area contributed by atoms with E-state index in [2.05, 4.69) is 44.3 Å². The zero-order valence-corrected chi connectivity index (χ0v) is 15.7. The monoisotopic (exact) mass is 358 g/mol. The van der Waals surface area contributed by atoms with Crippen LogP contribution < -0.4 is 20.9 Å². The molecule has 0 aliphatic carbocycles. The smallest absolute Gasteiger partial charge is 0.333 e. The summed E-state index contributed by atoms with van der Waals surface area (Å²) in [4.78, 5) is 15.9. The Morgan fingerprint density at radius 1 is 1.08 bits per heavy atom.